The van der Waals surface area contributed by atoms with Gasteiger partial charge in [0.25, 0.3) is 0 Å². The molecule has 1 fully saturated rings. The van der Waals surface area contributed by atoms with Crippen molar-refractivity contribution in [3.05, 3.63) is 24.3 Å². The molecule has 1 unspecified atom stereocenters. The maximum atomic E-state index is 11.9. The summed E-state index contributed by atoms with van der Waals surface area (Å²) in [6.45, 7) is 0. The van der Waals surface area contributed by atoms with Crippen LogP contribution in [-0.4, -0.2) is 34.2 Å². The highest BCUT2D eigenvalue weighted by molar-refractivity contribution is 7.91. The molecule has 0 bridgehead atoms. The van der Waals surface area contributed by atoms with Crippen LogP contribution < -0.4 is 10.5 Å². The first kappa shape index (κ1) is 15.9. The van der Waals surface area contributed by atoms with Gasteiger partial charge in [-0.2, -0.15) is 0 Å². The normalized spacial score (nSPS) is 21.1. The van der Waals surface area contributed by atoms with Crippen molar-refractivity contribution in [3.63, 3.8) is 0 Å². The molecule has 1 amide bonds. The Morgan fingerprint density at radius 1 is 1.33 bits per heavy atom. The predicted molar refractivity (Wildman–Crippen MR) is 77.8 cm³/mol. The second-order valence-corrected chi connectivity index (χ2v) is 8.82. The van der Waals surface area contributed by atoms with Crippen LogP contribution in [0.4, 0.5) is 5.69 Å². The van der Waals surface area contributed by atoms with E-state index in [0.717, 1.165) is 0 Å². The summed E-state index contributed by atoms with van der Waals surface area (Å²) in [5.41, 5.74) is 0.103. The van der Waals surface area contributed by atoms with Crippen LogP contribution in [-0.2, 0) is 24.7 Å². The molecule has 0 aliphatic carbocycles. The summed E-state index contributed by atoms with van der Waals surface area (Å²) in [5.74, 6) is -0.555. The van der Waals surface area contributed by atoms with Gasteiger partial charge in [0.15, 0.2) is 9.84 Å². The van der Waals surface area contributed by atoms with Crippen LogP contribution in [0.3, 0.4) is 0 Å². The summed E-state index contributed by atoms with van der Waals surface area (Å²) in [7, 11) is -6.98. The van der Waals surface area contributed by atoms with E-state index in [2.05, 4.69) is 5.32 Å². The van der Waals surface area contributed by atoms with Gasteiger partial charge in [-0.15, -0.1) is 0 Å². The minimum absolute atomic E-state index is 0.00272. The zero-order valence-corrected chi connectivity index (χ0v) is 12.8. The number of para-hydroxylation sites is 1. The summed E-state index contributed by atoms with van der Waals surface area (Å²) in [4.78, 5) is 11.7. The maximum absolute atomic E-state index is 11.9. The number of carbonyl (C=O) groups is 1. The molecule has 0 saturated carbocycles. The highest BCUT2D eigenvalue weighted by Crippen LogP contribution is 2.24. The fourth-order valence-corrected chi connectivity index (χ4v) is 4.87. The van der Waals surface area contributed by atoms with E-state index in [1.54, 1.807) is 6.07 Å². The van der Waals surface area contributed by atoms with Gasteiger partial charge in [-0.3, -0.25) is 4.79 Å². The van der Waals surface area contributed by atoms with Gasteiger partial charge in [0, 0.05) is 6.42 Å². The molecule has 7 nitrogen and oxygen atoms in total. The predicted octanol–water partition coefficient (Wildman–Crippen LogP) is 0.0973. The number of anilines is 1. The van der Waals surface area contributed by atoms with Crippen LogP contribution in [0.15, 0.2) is 29.2 Å². The molecule has 2 rings (SSSR count). The summed E-state index contributed by atoms with van der Waals surface area (Å²) in [6.07, 6.45) is 0.491. The van der Waals surface area contributed by atoms with Crippen molar-refractivity contribution in [1.29, 1.82) is 0 Å². The van der Waals surface area contributed by atoms with Gasteiger partial charge in [0.2, 0.25) is 15.9 Å². The Labute approximate surface area is 123 Å². The van der Waals surface area contributed by atoms with Crippen LogP contribution in [0, 0.1) is 5.92 Å². The molecule has 0 radical (unpaired) electrons. The van der Waals surface area contributed by atoms with E-state index >= 15 is 0 Å². The van der Waals surface area contributed by atoms with Crippen molar-refractivity contribution in [2.75, 3.05) is 16.8 Å². The third-order valence-electron chi connectivity index (χ3n) is 3.27. The van der Waals surface area contributed by atoms with Crippen LogP contribution in [0.2, 0.25) is 0 Å². The topological polar surface area (TPSA) is 123 Å². The number of amides is 1. The van der Waals surface area contributed by atoms with Crippen LogP contribution in [0.1, 0.15) is 12.8 Å². The van der Waals surface area contributed by atoms with Crippen molar-refractivity contribution >= 4 is 31.5 Å². The third kappa shape index (κ3) is 4.26. The van der Waals surface area contributed by atoms with Crippen molar-refractivity contribution in [1.82, 2.24) is 0 Å². The lowest BCUT2D eigenvalue weighted by atomic mass is 10.1. The average molecular weight is 332 g/mol. The number of nitrogens with two attached hydrogens (primary N) is 1. The molecular formula is C12H16N2O5S2. The Kier molecular flexibility index (Phi) is 4.35. The summed E-state index contributed by atoms with van der Waals surface area (Å²) in [5, 5.41) is 7.55. The Balaban J connectivity index is 2.08. The van der Waals surface area contributed by atoms with Crippen molar-refractivity contribution < 1.29 is 21.6 Å². The molecule has 1 heterocycles. The lowest BCUT2D eigenvalue weighted by Crippen LogP contribution is -2.20. The number of hydrogen-bond donors (Lipinski definition) is 2. The van der Waals surface area contributed by atoms with Crippen LogP contribution >= 0.6 is 0 Å². The zero-order chi connectivity index (χ0) is 15.7. The minimum Gasteiger partial charge on any atom is -0.325 e. The standard InChI is InChI=1S/C12H16N2O5S2/c13-21(18,19)11-4-2-1-3-10(11)14-12(15)7-9-5-6-20(16,17)8-9/h1-4,9H,5-8H2,(H,14,15)(H2,13,18,19). The first-order valence-electron chi connectivity index (χ1n) is 6.29. The van der Waals surface area contributed by atoms with Crippen LogP contribution in [0.25, 0.3) is 0 Å². The second kappa shape index (κ2) is 5.74. The first-order chi connectivity index (χ1) is 9.67. The van der Waals surface area contributed by atoms with Gasteiger partial charge >= 0.3 is 0 Å². The molecule has 1 aliphatic rings. The Morgan fingerprint density at radius 3 is 2.57 bits per heavy atom. The molecule has 1 aromatic rings. The highest BCUT2D eigenvalue weighted by atomic mass is 32.2. The SMILES string of the molecule is NS(=O)(=O)c1ccccc1NC(=O)CC1CCS(=O)(=O)C1. The number of sulfone groups is 1. The second-order valence-electron chi connectivity index (χ2n) is 5.06. The van der Waals surface area contributed by atoms with Gasteiger partial charge in [-0.05, 0) is 24.5 Å². The molecule has 1 aromatic carbocycles. The number of sulfonamides is 1. The third-order valence-corrected chi connectivity index (χ3v) is 6.07. The van der Waals surface area contributed by atoms with E-state index in [0.29, 0.717) is 6.42 Å². The quantitative estimate of drug-likeness (QED) is 0.809. The fourth-order valence-electron chi connectivity index (χ4n) is 2.31. The lowest BCUT2D eigenvalue weighted by molar-refractivity contribution is -0.116. The van der Waals surface area contributed by atoms with Gasteiger partial charge in [-0.25, -0.2) is 22.0 Å². The summed E-state index contributed by atoms with van der Waals surface area (Å²) < 4.78 is 45.5. The largest absolute Gasteiger partial charge is 0.325 e. The Morgan fingerprint density at radius 2 is 2.00 bits per heavy atom. The molecule has 1 saturated heterocycles. The van der Waals surface area contributed by atoms with Crippen molar-refractivity contribution in [3.8, 4) is 0 Å². The molecule has 9 heteroatoms. The fraction of sp³-hybridized carbons (Fsp3) is 0.417. The van der Waals surface area contributed by atoms with E-state index < -0.39 is 25.8 Å². The summed E-state index contributed by atoms with van der Waals surface area (Å²) >= 11 is 0. The molecule has 3 N–H and O–H groups in total. The molecule has 1 aliphatic heterocycles. The van der Waals surface area contributed by atoms with Crippen LogP contribution in [0.5, 0.6) is 0 Å². The van der Waals surface area contributed by atoms with E-state index in [1.165, 1.54) is 18.2 Å². The molecule has 0 spiro atoms. The van der Waals surface area contributed by atoms with E-state index in [-0.39, 0.29) is 34.4 Å². The van der Waals surface area contributed by atoms with Gasteiger partial charge in [0.05, 0.1) is 17.2 Å². The summed E-state index contributed by atoms with van der Waals surface area (Å²) in [6, 6.07) is 5.80. The van der Waals surface area contributed by atoms with E-state index in [4.69, 9.17) is 5.14 Å². The number of hydrogen-bond acceptors (Lipinski definition) is 5. The first-order valence-corrected chi connectivity index (χ1v) is 9.66. The number of rotatable bonds is 4. The highest BCUT2D eigenvalue weighted by Gasteiger charge is 2.29. The molecule has 21 heavy (non-hydrogen) atoms. The molecular weight excluding hydrogens is 316 g/mol. The maximum Gasteiger partial charge on any atom is 0.240 e. The molecule has 0 aromatic heterocycles. The monoisotopic (exact) mass is 332 g/mol. The average Bonchev–Trinajstić information content (AvgIpc) is 2.67. The number of benzene rings is 1. The minimum atomic E-state index is -3.94. The number of primary sulfonamides is 1. The number of nitrogens with one attached hydrogen (secondary N) is 1. The Hall–Kier alpha value is -1.45. The smallest absolute Gasteiger partial charge is 0.240 e. The van der Waals surface area contributed by atoms with Crippen molar-refractivity contribution in [2.45, 2.75) is 17.7 Å². The van der Waals surface area contributed by atoms with E-state index in [1.807, 2.05) is 0 Å². The van der Waals surface area contributed by atoms with Gasteiger partial charge in [-0.1, -0.05) is 12.1 Å². The Bertz CT molecular complexity index is 756. The van der Waals surface area contributed by atoms with E-state index in [9.17, 15) is 21.6 Å². The number of carbonyl (C=O) groups excluding carboxylic acids is 1. The van der Waals surface area contributed by atoms with Gasteiger partial charge in [0.1, 0.15) is 4.90 Å². The molecule has 1 atom stereocenters. The lowest BCUT2D eigenvalue weighted by Gasteiger charge is -2.11. The van der Waals surface area contributed by atoms with Gasteiger partial charge < -0.3 is 5.32 Å². The molecule has 116 valence electrons. The zero-order valence-electron chi connectivity index (χ0n) is 11.2. The van der Waals surface area contributed by atoms with Crippen molar-refractivity contribution in [2.24, 2.45) is 11.1 Å².